The summed E-state index contributed by atoms with van der Waals surface area (Å²) in [7, 11) is 2.12. The van der Waals surface area contributed by atoms with Crippen molar-refractivity contribution >= 4 is 0 Å². The molecule has 0 bridgehead atoms. The second kappa shape index (κ2) is 5.77. The fourth-order valence-electron chi connectivity index (χ4n) is 2.71. The van der Waals surface area contributed by atoms with Crippen LogP contribution in [-0.2, 0) is 6.54 Å². The van der Waals surface area contributed by atoms with E-state index in [1.807, 2.05) is 36.4 Å². The molecule has 4 heteroatoms. The van der Waals surface area contributed by atoms with Crippen LogP contribution in [0.2, 0.25) is 0 Å². The summed E-state index contributed by atoms with van der Waals surface area (Å²) in [4.78, 5) is 2.30. The summed E-state index contributed by atoms with van der Waals surface area (Å²) >= 11 is 0. The molecule has 0 aliphatic heterocycles. The van der Waals surface area contributed by atoms with Crippen LogP contribution in [-0.4, -0.2) is 29.7 Å². The average Bonchev–Trinajstić information content (AvgIpc) is 3.19. The lowest BCUT2D eigenvalue weighted by Gasteiger charge is -2.25. The maximum atomic E-state index is 5.88. The van der Waals surface area contributed by atoms with Gasteiger partial charge in [0.25, 0.3) is 0 Å². The molecule has 1 aromatic heterocycles. The largest absolute Gasteiger partial charge is 0.356 e. The van der Waals surface area contributed by atoms with Gasteiger partial charge < -0.3 is 10.3 Å². The number of benzene rings is 1. The molecular weight excluding hydrogens is 250 g/mol. The van der Waals surface area contributed by atoms with Crippen molar-refractivity contribution in [2.24, 2.45) is 11.7 Å². The van der Waals surface area contributed by atoms with Gasteiger partial charge >= 0.3 is 0 Å². The van der Waals surface area contributed by atoms with E-state index in [1.54, 1.807) is 0 Å². The second-order valence-electron chi connectivity index (χ2n) is 5.60. The summed E-state index contributed by atoms with van der Waals surface area (Å²) in [6.07, 6.45) is 2.61. The molecule has 1 heterocycles. The maximum absolute atomic E-state index is 5.88. The van der Waals surface area contributed by atoms with Gasteiger partial charge in [-0.05, 0) is 25.8 Å². The Bertz CT molecular complexity index is 548. The molecular formula is C16H21N3O. The maximum Gasteiger partial charge on any atom is 0.167 e. The molecule has 0 saturated heterocycles. The number of rotatable bonds is 6. The van der Waals surface area contributed by atoms with Crippen LogP contribution in [0.3, 0.4) is 0 Å². The van der Waals surface area contributed by atoms with Crippen molar-refractivity contribution in [2.75, 3.05) is 13.6 Å². The van der Waals surface area contributed by atoms with Gasteiger partial charge in [-0.25, -0.2) is 0 Å². The van der Waals surface area contributed by atoms with Crippen LogP contribution < -0.4 is 5.73 Å². The zero-order valence-electron chi connectivity index (χ0n) is 11.8. The van der Waals surface area contributed by atoms with E-state index in [0.29, 0.717) is 12.6 Å². The van der Waals surface area contributed by atoms with Gasteiger partial charge in [-0.15, -0.1) is 0 Å². The van der Waals surface area contributed by atoms with Crippen molar-refractivity contribution in [3.63, 3.8) is 0 Å². The summed E-state index contributed by atoms with van der Waals surface area (Å²) < 4.78 is 5.43. The van der Waals surface area contributed by atoms with Gasteiger partial charge in [0.2, 0.25) is 0 Å². The molecule has 3 rings (SSSR count). The van der Waals surface area contributed by atoms with Gasteiger partial charge in [0.1, 0.15) is 0 Å². The molecule has 0 radical (unpaired) electrons. The van der Waals surface area contributed by atoms with E-state index in [4.69, 9.17) is 10.3 Å². The Kier molecular flexibility index (Phi) is 3.85. The number of nitrogens with two attached hydrogens (primary N) is 1. The summed E-state index contributed by atoms with van der Waals surface area (Å²) in [5.41, 5.74) is 7.90. The lowest BCUT2D eigenvalue weighted by Crippen LogP contribution is -2.39. The number of aromatic nitrogens is 1. The Balaban J connectivity index is 1.68. The van der Waals surface area contributed by atoms with Crippen LogP contribution in [0.5, 0.6) is 0 Å². The van der Waals surface area contributed by atoms with E-state index in [2.05, 4.69) is 17.1 Å². The van der Waals surface area contributed by atoms with Gasteiger partial charge in [0.15, 0.2) is 5.76 Å². The predicted octanol–water partition coefficient (Wildman–Crippen LogP) is 2.51. The van der Waals surface area contributed by atoms with Crippen molar-refractivity contribution in [3.8, 4) is 11.3 Å². The molecule has 1 atom stereocenters. The minimum atomic E-state index is 0.465. The van der Waals surface area contributed by atoms with E-state index < -0.39 is 0 Å². The van der Waals surface area contributed by atoms with Crippen molar-refractivity contribution in [1.29, 1.82) is 0 Å². The molecule has 1 fully saturated rings. The molecule has 20 heavy (non-hydrogen) atoms. The zero-order chi connectivity index (χ0) is 13.9. The highest BCUT2D eigenvalue weighted by atomic mass is 16.5. The van der Waals surface area contributed by atoms with Gasteiger partial charge in [-0.1, -0.05) is 35.5 Å². The topological polar surface area (TPSA) is 55.3 Å². The van der Waals surface area contributed by atoms with Gasteiger partial charge in [0.05, 0.1) is 5.69 Å². The smallest absolute Gasteiger partial charge is 0.167 e. The van der Waals surface area contributed by atoms with E-state index in [0.717, 1.165) is 29.5 Å². The van der Waals surface area contributed by atoms with Gasteiger partial charge in [-0.2, -0.15) is 0 Å². The molecule has 1 saturated carbocycles. The van der Waals surface area contributed by atoms with E-state index in [-0.39, 0.29) is 0 Å². The predicted molar refractivity (Wildman–Crippen MR) is 79.0 cm³/mol. The number of nitrogens with zero attached hydrogens (tertiary/aromatic N) is 2. The first-order valence-corrected chi connectivity index (χ1v) is 7.19. The molecule has 0 amide bonds. The van der Waals surface area contributed by atoms with E-state index >= 15 is 0 Å². The van der Waals surface area contributed by atoms with Crippen LogP contribution in [0.25, 0.3) is 11.3 Å². The van der Waals surface area contributed by atoms with Crippen LogP contribution in [0.1, 0.15) is 18.5 Å². The first-order chi connectivity index (χ1) is 9.78. The fraction of sp³-hybridized carbons (Fsp3) is 0.438. The Morgan fingerprint density at radius 1 is 1.35 bits per heavy atom. The van der Waals surface area contributed by atoms with E-state index in [9.17, 15) is 0 Å². The Morgan fingerprint density at radius 3 is 2.75 bits per heavy atom. The molecule has 106 valence electrons. The van der Waals surface area contributed by atoms with E-state index in [1.165, 1.54) is 12.8 Å². The highest BCUT2D eigenvalue weighted by molar-refractivity contribution is 5.56. The van der Waals surface area contributed by atoms with Crippen molar-refractivity contribution in [3.05, 3.63) is 42.1 Å². The van der Waals surface area contributed by atoms with Crippen LogP contribution in [0, 0.1) is 5.92 Å². The molecule has 1 aliphatic carbocycles. The van der Waals surface area contributed by atoms with Crippen molar-refractivity contribution in [2.45, 2.75) is 25.4 Å². The summed E-state index contributed by atoms with van der Waals surface area (Å²) in [6.45, 7) is 1.50. The van der Waals surface area contributed by atoms with Crippen LogP contribution in [0.15, 0.2) is 40.9 Å². The van der Waals surface area contributed by atoms with Crippen LogP contribution >= 0.6 is 0 Å². The third-order valence-corrected chi connectivity index (χ3v) is 4.00. The molecule has 2 N–H and O–H groups in total. The molecule has 0 spiro atoms. The highest BCUT2D eigenvalue weighted by Gasteiger charge is 2.33. The SMILES string of the molecule is CN(Cc1cc(-c2ccccc2)on1)C(CN)C1CC1. The monoisotopic (exact) mass is 271 g/mol. The lowest BCUT2D eigenvalue weighted by atomic mass is 10.1. The molecule has 1 aromatic carbocycles. The second-order valence-corrected chi connectivity index (χ2v) is 5.60. The van der Waals surface area contributed by atoms with Crippen LogP contribution in [0.4, 0.5) is 0 Å². The van der Waals surface area contributed by atoms with Gasteiger partial charge in [-0.3, -0.25) is 4.90 Å². The standard InChI is InChI=1S/C16H21N3O/c1-19(15(10-17)12-7-8-12)11-14-9-16(20-18-14)13-5-3-2-4-6-13/h2-6,9,12,15H,7-8,10-11,17H2,1H3. The quantitative estimate of drug-likeness (QED) is 0.877. The number of hydrogen-bond acceptors (Lipinski definition) is 4. The number of likely N-dealkylation sites (N-methyl/N-ethyl adjacent to an activating group) is 1. The minimum Gasteiger partial charge on any atom is -0.356 e. The minimum absolute atomic E-state index is 0.465. The molecule has 1 aliphatic rings. The third kappa shape index (κ3) is 2.92. The molecule has 4 nitrogen and oxygen atoms in total. The number of hydrogen-bond donors (Lipinski definition) is 1. The fourth-order valence-corrected chi connectivity index (χ4v) is 2.71. The van der Waals surface area contributed by atoms with Crippen molar-refractivity contribution < 1.29 is 4.52 Å². The highest BCUT2D eigenvalue weighted by Crippen LogP contribution is 2.35. The Hall–Kier alpha value is -1.65. The van der Waals surface area contributed by atoms with Crippen molar-refractivity contribution in [1.82, 2.24) is 10.1 Å². The third-order valence-electron chi connectivity index (χ3n) is 4.00. The first kappa shape index (κ1) is 13.3. The summed E-state index contributed by atoms with van der Waals surface area (Å²) in [5, 5.41) is 4.17. The normalized spacial score (nSPS) is 16.6. The summed E-state index contributed by atoms with van der Waals surface area (Å²) in [6, 6.07) is 12.5. The average molecular weight is 271 g/mol. The zero-order valence-corrected chi connectivity index (χ0v) is 11.8. The first-order valence-electron chi connectivity index (χ1n) is 7.19. The Labute approximate surface area is 119 Å². The lowest BCUT2D eigenvalue weighted by molar-refractivity contribution is 0.210. The molecule has 1 unspecified atom stereocenters. The Morgan fingerprint density at radius 2 is 2.10 bits per heavy atom. The summed E-state index contributed by atoms with van der Waals surface area (Å²) in [5.74, 6) is 1.59. The molecule has 2 aromatic rings. The van der Waals surface area contributed by atoms with Gasteiger partial charge in [0, 0.05) is 30.8 Å².